The summed E-state index contributed by atoms with van der Waals surface area (Å²) in [7, 11) is 0. The van der Waals surface area contributed by atoms with E-state index in [0.717, 1.165) is 16.8 Å². The Morgan fingerprint density at radius 3 is 2.55 bits per heavy atom. The molecular weight excluding hydrogens is 254 g/mol. The molecule has 1 N–H and O–H groups in total. The molecule has 0 aliphatic heterocycles. The Balaban J connectivity index is 2.22. The standard InChI is InChI=1S/C15H15N3O2/c1-10-6-11(2)8-12(7-10)18-15(13(9-19)16-17-18)14-4-3-5-20-14/h3-8,19H,9H2,1-2H3. The van der Waals surface area contributed by atoms with E-state index < -0.39 is 0 Å². The van der Waals surface area contributed by atoms with Crippen LogP contribution in [0.25, 0.3) is 17.1 Å². The van der Waals surface area contributed by atoms with Gasteiger partial charge in [0.15, 0.2) is 5.76 Å². The maximum atomic E-state index is 9.43. The molecule has 102 valence electrons. The smallest absolute Gasteiger partial charge is 0.154 e. The van der Waals surface area contributed by atoms with Gasteiger partial charge in [0.1, 0.15) is 11.4 Å². The van der Waals surface area contributed by atoms with E-state index in [0.29, 0.717) is 17.1 Å². The fourth-order valence-corrected chi connectivity index (χ4v) is 2.33. The molecule has 0 saturated carbocycles. The second kappa shape index (κ2) is 4.94. The van der Waals surface area contributed by atoms with Gasteiger partial charge in [-0.15, -0.1) is 5.10 Å². The van der Waals surface area contributed by atoms with E-state index in [-0.39, 0.29) is 6.61 Å². The summed E-state index contributed by atoms with van der Waals surface area (Å²) in [4.78, 5) is 0. The molecule has 0 aliphatic carbocycles. The van der Waals surface area contributed by atoms with Crippen molar-refractivity contribution in [3.05, 3.63) is 53.4 Å². The van der Waals surface area contributed by atoms with Crippen molar-refractivity contribution in [2.45, 2.75) is 20.5 Å². The van der Waals surface area contributed by atoms with Crippen LogP contribution >= 0.6 is 0 Å². The lowest BCUT2D eigenvalue weighted by Crippen LogP contribution is -2.00. The molecule has 2 heterocycles. The zero-order chi connectivity index (χ0) is 14.1. The lowest BCUT2D eigenvalue weighted by Gasteiger charge is -2.07. The summed E-state index contributed by atoms with van der Waals surface area (Å²) in [5.74, 6) is 0.637. The van der Waals surface area contributed by atoms with Gasteiger partial charge in [0.2, 0.25) is 0 Å². The highest BCUT2D eigenvalue weighted by Gasteiger charge is 2.18. The van der Waals surface area contributed by atoms with Crippen LogP contribution in [0.3, 0.4) is 0 Å². The first-order valence-electron chi connectivity index (χ1n) is 6.37. The SMILES string of the molecule is Cc1cc(C)cc(-n2nnc(CO)c2-c2ccco2)c1. The minimum Gasteiger partial charge on any atom is -0.463 e. The number of aromatic nitrogens is 3. The Hall–Kier alpha value is -2.40. The average Bonchev–Trinajstić information content (AvgIpc) is 3.06. The molecule has 3 rings (SSSR count). The molecule has 5 heteroatoms. The molecule has 1 aromatic carbocycles. The molecule has 20 heavy (non-hydrogen) atoms. The van der Waals surface area contributed by atoms with Crippen LogP contribution in [0.1, 0.15) is 16.8 Å². The number of hydrogen-bond acceptors (Lipinski definition) is 4. The van der Waals surface area contributed by atoms with Gasteiger partial charge in [-0.3, -0.25) is 0 Å². The average molecular weight is 269 g/mol. The Morgan fingerprint density at radius 2 is 1.95 bits per heavy atom. The molecule has 2 aromatic heterocycles. The lowest BCUT2D eigenvalue weighted by atomic mass is 10.1. The third kappa shape index (κ3) is 2.12. The van der Waals surface area contributed by atoms with Crippen molar-refractivity contribution in [1.29, 1.82) is 0 Å². The van der Waals surface area contributed by atoms with Crippen LogP contribution in [0.4, 0.5) is 0 Å². The quantitative estimate of drug-likeness (QED) is 0.794. The monoisotopic (exact) mass is 269 g/mol. The van der Waals surface area contributed by atoms with Crippen molar-refractivity contribution in [3.8, 4) is 17.1 Å². The van der Waals surface area contributed by atoms with Gasteiger partial charge in [0, 0.05) is 0 Å². The van der Waals surface area contributed by atoms with E-state index in [4.69, 9.17) is 4.42 Å². The number of furan rings is 1. The fourth-order valence-electron chi connectivity index (χ4n) is 2.33. The third-order valence-electron chi connectivity index (χ3n) is 3.10. The fraction of sp³-hybridized carbons (Fsp3) is 0.200. The van der Waals surface area contributed by atoms with Crippen LogP contribution in [0.5, 0.6) is 0 Å². The summed E-state index contributed by atoms with van der Waals surface area (Å²) in [5.41, 5.74) is 4.38. The largest absolute Gasteiger partial charge is 0.463 e. The predicted molar refractivity (Wildman–Crippen MR) is 74.5 cm³/mol. The van der Waals surface area contributed by atoms with E-state index in [2.05, 4.69) is 16.4 Å². The Morgan fingerprint density at radius 1 is 1.20 bits per heavy atom. The maximum Gasteiger partial charge on any atom is 0.154 e. The summed E-state index contributed by atoms with van der Waals surface area (Å²) < 4.78 is 7.13. The minimum absolute atomic E-state index is 0.180. The Bertz CT molecular complexity index is 709. The van der Waals surface area contributed by atoms with Crippen LogP contribution in [0.2, 0.25) is 0 Å². The zero-order valence-electron chi connectivity index (χ0n) is 11.4. The van der Waals surface area contributed by atoms with Gasteiger partial charge in [-0.05, 0) is 49.2 Å². The van der Waals surface area contributed by atoms with E-state index in [1.165, 1.54) is 0 Å². The molecule has 0 unspecified atom stereocenters. The van der Waals surface area contributed by atoms with E-state index in [1.54, 1.807) is 17.0 Å². The highest BCUT2D eigenvalue weighted by Crippen LogP contribution is 2.26. The normalized spacial score (nSPS) is 10.9. The minimum atomic E-state index is -0.180. The third-order valence-corrected chi connectivity index (χ3v) is 3.10. The summed E-state index contributed by atoms with van der Waals surface area (Å²) in [6, 6.07) is 9.77. The van der Waals surface area contributed by atoms with Crippen molar-refractivity contribution in [3.63, 3.8) is 0 Å². The number of rotatable bonds is 3. The van der Waals surface area contributed by atoms with Gasteiger partial charge < -0.3 is 9.52 Å². The Kier molecular flexibility index (Phi) is 3.12. The molecule has 0 atom stereocenters. The van der Waals surface area contributed by atoms with Crippen LogP contribution < -0.4 is 0 Å². The number of aliphatic hydroxyl groups excluding tert-OH is 1. The molecule has 5 nitrogen and oxygen atoms in total. The van der Waals surface area contributed by atoms with Crippen molar-refractivity contribution < 1.29 is 9.52 Å². The second-order valence-electron chi connectivity index (χ2n) is 4.78. The highest BCUT2D eigenvalue weighted by molar-refractivity contribution is 5.59. The topological polar surface area (TPSA) is 64.1 Å². The predicted octanol–water partition coefficient (Wildman–Crippen LogP) is 2.64. The van der Waals surface area contributed by atoms with E-state index >= 15 is 0 Å². The van der Waals surface area contributed by atoms with Crippen LogP contribution in [-0.4, -0.2) is 20.1 Å². The molecule has 3 aromatic rings. The molecule has 0 fully saturated rings. The highest BCUT2D eigenvalue weighted by atomic mass is 16.3. The first-order valence-corrected chi connectivity index (χ1v) is 6.37. The van der Waals surface area contributed by atoms with Crippen molar-refractivity contribution in [1.82, 2.24) is 15.0 Å². The number of aryl methyl sites for hydroxylation is 2. The van der Waals surface area contributed by atoms with E-state index in [9.17, 15) is 5.11 Å². The summed E-state index contributed by atoms with van der Waals surface area (Å²) in [6.45, 7) is 3.89. The maximum absolute atomic E-state index is 9.43. The number of hydrogen-bond donors (Lipinski definition) is 1. The van der Waals surface area contributed by atoms with Gasteiger partial charge in [-0.25, -0.2) is 4.68 Å². The van der Waals surface area contributed by atoms with Crippen LogP contribution in [0.15, 0.2) is 41.0 Å². The summed E-state index contributed by atoms with van der Waals surface area (Å²) >= 11 is 0. The van der Waals surface area contributed by atoms with Crippen LogP contribution in [-0.2, 0) is 6.61 Å². The lowest BCUT2D eigenvalue weighted by molar-refractivity contribution is 0.277. The molecule has 0 saturated heterocycles. The second-order valence-corrected chi connectivity index (χ2v) is 4.78. The van der Waals surface area contributed by atoms with Crippen molar-refractivity contribution in [2.75, 3.05) is 0 Å². The van der Waals surface area contributed by atoms with Crippen molar-refractivity contribution in [2.24, 2.45) is 0 Å². The number of benzene rings is 1. The summed E-state index contributed by atoms with van der Waals surface area (Å²) in [5, 5.41) is 17.6. The molecule has 0 spiro atoms. The van der Waals surface area contributed by atoms with E-state index in [1.807, 2.05) is 32.0 Å². The molecule has 0 aliphatic rings. The summed E-state index contributed by atoms with van der Waals surface area (Å²) in [6.07, 6.45) is 1.59. The number of nitrogens with zero attached hydrogens (tertiary/aromatic N) is 3. The zero-order valence-corrected chi connectivity index (χ0v) is 11.4. The van der Waals surface area contributed by atoms with Gasteiger partial charge in [0.05, 0.1) is 18.6 Å². The van der Waals surface area contributed by atoms with Crippen molar-refractivity contribution >= 4 is 0 Å². The van der Waals surface area contributed by atoms with Gasteiger partial charge in [0.25, 0.3) is 0 Å². The molecule has 0 radical (unpaired) electrons. The van der Waals surface area contributed by atoms with Gasteiger partial charge in [-0.1, -0.05) is 11.3 Å². The molecule has 0 amide bonds. The Labute approximate surface area is 116 Å². The first kappa shape index (κ1) is 12.6. The number of aliphatic hydroxyl groups is 1. The van der Waals surface area contributed by atoms with Gasteiger partial charge >= 0.3 is 0 Å². The molecule has 0 bridgehead atoms. The van der Waals surface area contributed by atoms with Gasteiger partial charge in [-0.2, -0.15) is 0 Å². The molecular formula is C15H15N3O2. The van der Waals surface area contributed by atoms with Crippen LogP contribution in [0, 0.1) is 13.8 Å². The first-order chi connectivity index (χ1) is 9.69.